The average molecular weight is 446 g/mol. The number of halogens is 1. The van der Waals surface area contributed by atoms with Crippen LogP contribution in [0.2, 0.25) is 0 Å². The second-order valence-electron chi connectivity index (χ2n) is 6.57. The number of anilines is 1. The summed E-state index contributed by atoms with van der Waals surface area (Å²) in [7, 11) is 0. The van der Waals surface area contributed by atoms with E-state index >= 15 is 0 Å². The summed E-state index contributed by atoms with van der Waals surface area (Å²) in [6, 6.07) is 24.1. The summed E-state index contributed by atoms with van der Waals surface area (Å²) in [5.41, 5.74) is 7.08. The van der Waals surface area contributed by atoms with Crippen LogP contribution in [0.1, 0.15) is 5.56 Å². The largest absolute Gasteiger partial charge is 0.454 e. The maximum Gasteiger partial charge on any atom is 0.231 e. The number of benzene rings is 3. The van der Waals surface area contributed by atoms with E-state index < -0.39 is 0 Å². The second kappa shape index (κ2) is 7.56. The van der Waals surface area contributed by atoms with Gasteiger partial charge in [-0.3, -0.25) is 5.43 Å². The number of nitrogens with one attached hydrogen (secondary N) is 1. The van der Waals surface area contributed by atoms with E-state index in [1.807, 2.05) is 54.6 Å². The van der Waals surface area contributed by atoms with Crippen molar-refractivity contribution < 1.29 is 9.47 Å². The molecule has 1 N–H and O–H groups in total. The van der Waals surface area contributed by atoms with Crippen molar-refractivity contribution in [3.63, 3.8) is 0 Å². The van der Waals surface area contributed by atoms with E-state index in [2.05, 4.69) is 44.7 Å². The summed E-state index contributed by atoms with van der Waals surface area (Å²) in [5.74, 6) is 2.16. The van der Waals surface area contributed by atoms with Gasteiger partial charge in [0.05, 0.1) is 11.7 Å². The molecule has 0 bridgehead atoms. The van der Waals surface area contributed by atoms with Crippen LogP contribution in [0.15, 0.2) is 82.4 Å². The van der Waals surface area contributed by atoms with Crippen LogP contribution in [0.4, 0.5) is 5.82 Å². The van der Waals surface area contributed by atoms with Crippen LogP contribution in [0.5, 0.6) is 11.5 Å². The predicted octanol–water partition coefficient (Wildman–Crippen LogP) is 5.84. The first-order valence-corrected chi connectivity index (χ1v) is 9.90. The number of ether oxygens (including phenoxy) is 2. The Kier molecular flexibility index (Phi) is 4.62. The number of rotatable bonds is 4. The molecule has 6 heteroatoms. The zero-order valence-corrected chi connectivity index (χ0v) is 16.9. The number of fused-ring (bicyclic) bond motifs is 2. The smallest absolute Gasteiger partial charge is 0.231 e. The molecular weight excluding hydrogens is 430 g/mol. The van der Waals surface area contributed by atoms with Gasteiger partial charge in [-0.1, -0.05) is 46.3 Å². The van der Waals surface area contributed by atoms with E-state index in [9.17, 15) is 0 Å². The molecule has 0 saturated heterocycles. The molecule has 4 aromatic rings. The Hall–Kier alpha value is -3.38. The lowest BCUT2D eigenvalue weighted by molar-refractivity contribution is 0.174. The molecule has 5 nitrogen and oxygen atoms in total. The number of hydrogen-bond acceptors (Lipinski definition) is 5. The normalized spacial score (nSPS) is 12.6. The van der Waals surface area contributed by atoms with Gasteiger partial charge in [-0.05, 0) is 59.2 Å². The molecule has 2 heterocycles. The lowest BCUT2D eigenvalue weighted by Crippen LogP contribution is -1.96. The number of nitrogens with zero attached hydrogens (tertiary/aromatic N) is 2. The van der Waals surface area contributed by atoms with Crippen molar-refractivity contribution in [2.45, 2.75) is 0 Å². The van der Waals surface area contributed by atoms with Gasteiger partial charge in [0.2, 0.25) is 6.79 Å². The quantitative estimate of drug-likeness (QED) is 0.316. The minimum absolute atomic E-state index is 0.258. The molecule has 5 rings (SSSR count). The van der Waals surface area contributed by atoms with Gasteiger partial charge in [-0.15, -0.1) is 0 Å². The van der Waals surface area contributed by atoms with E-state index in [0.717, 1.165) is 43.6 Å². The Bertz CT molecular complexity index is 1230. The first-order valence-electron chi connectivity index (χ1n) is 9.11. The highest BCUT2D eigenvalue weighted by molar-refractivity contribution is 9.10. The predicted molar refractivity (Wildman–Crippen MR) is 119 cm³/mol. The highest BCUT2D eigenvalue weighted by Crippen LogP contribution is 2.33. The fraction of sp³-hybridized carbons (Fsp3) is 0.0435. The SMILES string of the molecule is Brc1ccc2nc(N/N=C\c3ccc4c(c3)OCO4)cc(-c3ccccc3)c2c1. The number of hydrazone groups is 1. The van der Waals surface area contributed by atoms with Gasteiger partial charge < -0.3 is 9.47 Å². The van der Waals surface area contributed by atoms with Crippen molar-refractivity contribution in [3.05, 3.63) is 82.8 Å². The molecule has 0 fully saturated rings. The van der Waals surface area contributed by atoms with E-state index in [4.69, 9.17) is 14.5 Å². The van der Waals surface area contributed by atoms with Crippen molar-refractivity contribution >= 4 is 38.9 Å². The van der Waals surface area contributed by atoms with Gasteiger partial charge in [0, 0.05) is 9.86 Å². The van der Waals surface area contributed by atoms with Crippen LogP contribution in [0, 0.1) is 0 Å². The van der Waals surface area contributed by atoms with Crippen LogP contribution >= 0.6 is 15.9 Å². The van der Waals surface area contributed by atoms with Crippen molar-refractivity contribution in [2.24, 2.45) is 5.10 Å². The first kappa shape index (κ1) is 17.7. The van der Waals surface area contributed by atoms with Gasteiger partial charge >= 0.3 is 0 Å². The Morgan fingerprint density at radius 1 is 0.931 bits per heavy atom. The molecule has 142 valence electrons. The second-order valence-corrected chi connectivity index (χ2v) is 7.48. The monoisotopic (exact) mass is 445 g/mol. The third kappa shape index (κ3) is 3.67. The highest BCUT2D eigenvalue weighted by Gasteiger charge is 2.12. The molecular formula is C23H16BrN3O2. The molecule has 1 aliphatic rings. The number of hydrogen-bond donors (Lipinski definition) is 1. The molecule has 3 aromatic carbocycles. The van der Waals surface area contributed by atoms with Crippen molar-refractivity contribution in [2.75, 3.05) is 12.2 Å². The van der Waals surface area contributed by atoms with E-state index in [-0.39, 0.29) is 6.79 Å². The third-order valence-electron chi connectivity index (χ3n) is 4.64. The fourth-order valence-corrected chi connectivity index (χ4v) is 3.64. The molecule has 0 radical (unpaired) electrons. The summed E-state index contributed by atoms with van der Waals surface area (Å²) >= 11 is 3.56. The van der Waals surface area contributed by atoms with E-state index in [0.29, 0.717) is 5.82 Å². The van der Waals surface area contributed by atoms with Crippen LogP contribution in [0.3, 0.4) is 0 Å². The summed E-state index contributed by atoms with van der Waals surface area (Å²) < 4.78 is 11.8. The molecule has 1 aliphatic heterocycles. The topological polar surface area (TPSA) is 55.7 Å². The van der Waals surface area contributed by atoms with Crippen LogP contribution < -0.4 is 14.9 Å². The number of pyridine rings is 1. The summed E-state index contributed by atoms with van der Waals surface area (Å²) in [5, 5.41) is 5.43. The molecule has 0 spiro atoms. The van der Waals surface area contributed by atoms with Gasteiger partial charge in [-0.25, -0.2) is 4.98 Å². The Balaban J connectivity index is 1.48. The van der Waals surface area contributed by atoms with Crippen molar-refractivity contribution in [1.82, 2.24) is 4.98 Å². The fourth-order valence-electron chi connectivity index (χ4n) is 3.28. The van der Waals surface area contributed by atoms with Crippen LogP contribution in [-0.4, -0.2) is 18.0 Å². The van der Waals surface area contributed by atoms with Gasteiger partial charge in [0.1, 0.15) is 5.82 Å². The third-order valence-corrected chi connectivity index (χ3v) is 5.14. The van der Waals surface area contributed by atoms with Crippen LogP contribution in [0.25, 0.3) is 22.0 Å². The standard InChI is InChI=1S/C23H16BrN3O2/c24-17-7-8-20-19(11-17)18(16-4-2-1-3-5-16)12-23(26-20)27-25-13-15-6-9-21-22(10-15)29-14-28-21/h1-13H,14H2,(H,26,27)/b25-13-. The minimum Gasteiger partial charge on any atom is -0.454 e. The lowest BCUT2D eigenvalue weighted by atomic mass is 10.0. The summed E-state index contributed by atoms with van der Waals surface area (Å²) in [6.07, 6.45) is 1.73. The van der Waals surface area contributed by atoms with Crippen molar-refractivity contribution in [1.29, 1.82) is 0 Å². The zero-order valence-electron chi connectivity index (χ0n) is 15.3. The maximum absolute atomic E-state index is 5.41. The minimum atomic E-state index is 0.258. The zero-order chi connectivity index (χ0) is 19.6. The van der Waals surface area contributed by atoms with Gasteiger partial charge in [0.25, 0.3) is 0 Å². The molecule has 29 heavy (non-hydrogen) atoms. The Morgan fingerprint density at radius 2 is 1.79 bits per heavy atom. The van der Waals surface area contributed by atoms with Gasteiger partial charge in [-0.2, -0.15) is 5.10 Å². The molecule has 0 aliphatic carbocycles. The maximum atomic E-state index is 5.41. The lowest BCUT2D eigenvalue weighted by Gasteiger charge is -2.10. The molecule has 1 aromatic heterocycles. The van der Waals surface area contributed by atoms with Crippen LogP contribution in [-0.2, 0) is 0 Å². The average Bonchev–Trinajstić information content (AvgIpc) is 3.22. The molecule has 0 saturated carbocycles. The molecule has 0 atom stereocenters. The van der Waals surface area contributed by atoms with Gasteiger partial charge in [0.15, 0.2) is 11.5 Å². The first-order chi connectivity index (χ1) is 14.3. The van der Waals surface area contributed by atoms with Crippen molar-refractivity contribution in [3.8, 4) is 22.6 Å². The molecule has 0 unspecified atom stereocenters. The van der Waals surface area contributed by atoms with E-state index in [1.54, 1.807) is 6.21 Å². The summed E-state index contributed by atoms with van der Waals surface area (Å²) in [6.45, 7) is 0.258. The summed E-state index contributed by atoms with van der Waals surface area (Å²) in [4.78, 5) is 4.70. The number of aromatic nitrogens is 1. The molecule has 0 amide bonds. The Morgan fingerprint density at radius 3 is 2.69 bits per heavy atom. The highest BCUT2D eigenvalue weighted by atomic mass is 79.9. The van der Waals surface area contributed by atoms with E-state index in [1.165, 1.54) is 0 Å². The Labute approximate surface area is 176 Å².